The molecule has 5 rings (SSSR count). The van der Waals surface area contributed by atoms with Gasteiger partial charge in [-0.3, -0.25) is 14.3 Å². The zero-order chi connectivity index (χ0) is 26.2. The van der Waals surface area contributed by atoms with E-state index in [0.29, 0.717) is 43.5 Å². The van der Waals surface area contributed by atoms with Gasteiger partial charge in [0, 0.05) is 24.4 Å². The molecule has 2 saturated carbocycles. The molecule has 1 aliphatic heterocycles. The van der Waals surface area contributed by atoms with E-state index in [0.717, 1.165) is 37.3 Å². The van der Waals surface area contributed by atoms with Crippen LogP contribution in [0, 0.1) is 11.7 Å². The predicted molar refractivity (Wildman–Crippen MR) is 132 cm³/mol. The van der Waals surface area contributed by atoms with Gasteiger partial charge in [-0.05, 0) is 86.1 Å². The number of benzene rings is 2. The van der Waals surface area contributed by atoms with Crippen molar-refractivity contribution in [3.05, 3.63) is 64.5 Å². The van der Waals surface area contributed by atoms with Crippen LogP contribution in [0.25, 0.3) is 0 Å². The highest BCUT2D eigenvalue weighted by Gasteiger charge is 2.37. The van der Waals surface area contributed by atoms with Crippen molar-refractivity contribution >= 4 is 23.8 Å². The summed E-state index contributed by atoms with van der Waals surface area (Å²) in [6, 6.07) is 7.73. The molecule has 0 atom stereocenters. The fraction of sp³-hybridized carbons (Fsp3) is 0.481. The Bertz CT molecular complexity index is 1170. The minimum Gasteiger partial charge on any atom is -0.493 e. The Morgan fingerprint density at radius 1 is 1.00 bits per heavy atom. The second kappa shape index (κ2) is 10.6. The molecule has 10 heteroatoms. The van der Waals surface area contributed by atoms with Gasteiger partial charge in [0.1, 0.15) is 11.6 Å². The first kappa shape index (κ1) is 25.9. The number of ether oxygens (including phenoxy) is 1. The van der Waals surface area contributed by atoms with Gasteiger partial charge in [-0.25, -0.2) is 4.39 Å². The third kappa shape index (κ3) is 6.22. The van der Waals surface area contributed by atoms with Gasteiger partial charge in [0.05, 0.1) is 23.3 Å². The summed E-state index contributed by atoms with van der Waals surface area (Å²) < 4.78 is 63.5. The number of nitrogens with zero attached hydrogens (tertiary/aromatic N) is 1. The summed E-state index contributed by atoms with van der Waals surface area (Å²) >= 11 is 1.34. The van der Waals surface area contributed by atoms with Crippen LogP contribution in [0.4, 0.5) is 17.6 Å². The number of amides is 2. The molecule has 0 unspecified atom stereocenters. The van der Waals surface area contributed by atoms with Gasteiger partial charge in [-0.1, -0.05) is 12.1 Å². The highest BCUT2D eigenvalue weighted by molar-refractivity contribution is 7.98. The summed E-state index contributed by atoms with van der Waals surface area (Å²) in [5.41, 5.74) is -0.412. The van der Waals surface area contributed by atoms with Crippen molar-refractivity contribution in [2.75, 3.05) is 19.7 Å². The average molecular weight is 537 g/mol. The number of hydrogen-bond acceptors (Lipinski definition) is 4. The van der Waals surface area contributed by atoms with E-state index < -0.39 is 29.4 Å². The quantitative estimate of drug-likeness (QED) is 0.323. The molecular weight excluding hydrogens is 508 g/mol. The maximum absolute atomic E-state index is 14.8. The van der Waals surface area contributed by atoms with E-state index in [-0.39, 0.29) is 23.0 Å². The number of rotatable bonds is 8. The normalized spacial score (nSPS) is 18.5. The van der Waals surface area contributed by atoms with Crippen LogP contribution in [-0.2, 0) is 6.18 Å². The largest absolute Gasteiger partial charge is 0.493 e. The molecule has 1 heterocycles. The summed E-state index contributed by atoms with van der Waals surface area (Å²) in [6.45, 7) is 0.949. The summed E-state index contributed by atoms with van der Waals surface area (Å²) in [5, 5.41) is 0.415. The molecule has 0 radical (unpaired) electrons. The topological polar surface area (TPSA) is 58.6 Å². The van der Waals surface area contributed by atoms with Gasteiger partial charge in [0.25, 0.3) is 11.8 Å². The fourth-order valence-corrected chi connectivity index (χ4v) is 5.31. The molecule has 2 aliphatic carbocycles. The number of halogens is 4. The average Bonchev–Trinajstić information content (AvgIpc) is 3.80. The van der Waals surface area contributed by atoms with Crippen molar-refractivity contribution in [3.8, 4) is 5.75 Å². The first-order valence-electron chi connectivity index (χ1n) is 12.6. The monoisotopic (exact) mass is 536 g/mol. The molecule has 198 valence electrons. The van der Waals surface area contributed by atoms with Gasteiger partial charge in [-0.15, -0.1) is 0 Å². The molecule has 0 spiro atoms. The molecule has 1 saturated heterocycles. The van der Waals surface area contributed by atoms with Crippen LogP contribution >= 0.6 is 11.9 Å². The van der Waals surface area contributed by atoms with Crippen LogP contribution in [0.1, 0.15) is 76.3 Å². The van der Waals surface area contributed by atoms with Crippen molar-refractivity contribution < 1.29 is 31.9 Å². The van der Waals surface area contributed by atoms with E-state index in [1.165, 1.54) is 41.1 Å². The Labute approximate surface area is 217 Å². The van der Waals surface area contributed by atoms with Gasteiger partial charge >= 0.3 is 6.18 Å². The fourth-order valence-electron chi connectivity index (χ4n) is 4.56. The van der Waals surface area contributed by atoms with Crippen LogP contribution in [-0.4, -0.2) is 41.7 Å². The van der Waals surface area contributed by atoms with Crippen molar-refractivity contribution in [1.29, 1.82) is 0 Å². The highest BCUT2D eigenvalue weighted by atomic mass is 32.2. The molecule has 37 heavy (non-hydrogen) atoms. The SMILES string of the molecule is O=C(NSC1CC1)c1cc(C2CC2)c(OCC2CCN(C(=O)c3ccccc3C(F)(F)F)CC2)cc1F. The summed E-state index contributed by atoms with van der Waals surface area (Å²) in [7, 11) is 0. The molecule has 0 aromatic heterocycles. The van der Waals surface area contributed by atoms with Crippen LogP contribution in [0.5, 0.6) is 5.75 Å². The lowest BCUT2D eigenvalue weighted by molar-refractivity contribution is -0.138. The Kier molecular flexibility index (Phi) is 7.38. The second-order valence-electron chi connectivity index (χ2n) is 9.98. The Balaban J connectivity index is 1.19. The van der Waals surface area contributed by atoms with E-state index in [4.69, 9.17) is 4.74 Å². The van der Waals surface area contributed by atoms with Gasteiger partial charge in [0.2, 0.25) is 0 Å². The van der Waals surface area contributed by atoms with Crippen molar-refractivity contribution in [2.45, 2.75) is 55.9 Å². The second-order valence-corrected chi connectivity index (χ2v) is 11.1. The summed E-state index contributed by atoms with van der Waals surface area (Å²) in [4.78, 5) is 26.7. The minimum absolute atomic E-state index is 0.0216. The Hall–Kier alpha value is -2.75. The Morgan fingerprint density at radius 3 is 2.35 bits per heavy atom. The molecule has 3 aliphatic rings. The lowest BCUT2D eigenvalue weighted by Gasteiger charge is -2.32. The molecule has 3 fully saturated rings. The van der Waals surface area contributed by atoms with Gasteiger partial charge < -0.3 is 9.64 Å². The van der Waals surface area contributed by atoms with E-state index in [1.54, 1.807) is 6.07 Å². The van der Waals surface area contributed by atoms with Crippen LogP contribution in [0.15, 0.2) is 36.4 Å². The number of carbonyl (C=O) groups excluding carboxylic acids is 2. The maximum Gasteiger partial charge on any atom is 0.417 e. The van der Waals surface area contributed by atoms with Crippen LogP contribution in [0.2, 0.25) is 0 Å². The third-order valence-electron chi connectivity index (χ3n) is 7.04. The smallest absolute Gasteiger partial charge is 0.417 e. The lowest BCUT2D eigenvalue weighted by atomic mass is 9.96. The molecule has 2 amide bonds. The van der Waals surface area contributed by atoms with Gasteiger partial charge in [0.15, 0.2) is 0 Å². The molecule has 1 N–H and O–H groups in total. The molecular formula is C27H28F4N2O3S. The predicted octanol–water partition coefficient (Wildman–Crippen LogP) is 6.19. The van der Waals surface area contributed by atoms with E-state index in [1.807, 2.05) is 0 Å². The van der Waals surface area contributed by atoms with E-state index >= 15 is 0 Å². The van der Waals surface area contributed by atoms with Crippen molar-refractivity contribution in [2.24, 2.45) is 5.92 Å². The number of piperidine rings is 1. The molecule has 0 bridgehead atoms. The Morgan fingerprint density at radius 2 is 1.70 bits per heavy atom. The molecule has 5 nitrogen and oxygen atoms in total. The summed E-state index contributed by atoms with van der Waals surface area (Å²) in [6.07, 6.45) is 0.571. The molecule has 2 aromatic rings. The number of nitrogens with one attached hydrogen (secondary N) is 1. The number of carbonyl (C=O) groups is 2. The third-order valence-corrected chi connectivity index (χ3v) is 8.15. The standard InChI is InChI=1S/C27H28F4N2O3S/c28-23-14-24(20(17-5-6-17)13-21(23)25(34)32-37-18-7-8-18)36-15-16-9-11-33(12-10-16)26(35)19-3-1-2-4-22(19)27(29,30)31/h1-4,13-14,16-18H,5-12,15H2,(H,32,34). The first-order chi connectivity index (χ1) is 17.7. The van der Waals surface area contributed by atoms with Gasteiger partial charge in [-0.2, -0.15) is 13.2 Å². The number of hydrogen-bond donors (Lipinski definition) is 1. The zero-order valence-corrected chi connectivity index (χ0v) is 21.0. The maximum atomic E-state index is 14.8. The van der Waals surface area contributed by atoms with Crippen LogP contribution < -0.4 is 9.46 Å². The molecule has 2 aromatic carbocycles. The van der Waals surface area contributed by atoms with Crippen molar-refractivity contribution in [3.63, 3.8) is 0 Å². The lowest BCUT2D eigenvalue weighted by Crippen LogP contribution is -2.40. The highest BCUT2D eigenvalue weighted by Crippen LogP contribution is 2.45. The van der Waals surface area contributed by atoms with E-state index in [9.17, 15) is 27.2 Å². The summed E-state index contributed by atoms with van der Waals surface area (Å²) in [5.74, 6) is -0.937. The zero-order valence-electron chi connectivity index (χ0n) is 20.2. The number of alkyl halides is 3. The minimum atomic E-state index is -4.60. The van der Waals surface area contributed by atoms with Crippen molar-refractivity contribution in [1.82, 2.24) is 9.62 Å². The first-order valence-corrected chi connectivity index (χ1v) is 13.5. The number of likely N-dealkylation sites (tertiary alicyclic amines) is 1. The van der Waals surface area contributed by atoms with E-state index in [2.05, 4.69) is 4.72 Å². The van der Waals surface area contributed by atoms with Crippen LogP contribution in [0.3, 0.4) is 0 Å².